The summed E-state index contributed by atoms with van der Waals surface area (Å²) in [5, 5.41) is 1.08. The van der Waals surface area contributed by atoms with Gasteiger partial charge >= 0.3 is 0 Å². The highest BCUT2D eigenvalue weighted by atomic mass is 32.2. The van der Waals surface area contributed by atoms with E-state index in [4.69, 9.17) is 0 Å². The van der Waals surface area contributed by atoms with Crippen molar-refractivity contribution >= 4 is 23.4 Å². The van der Waals surface area contributed by atoms with E-state index in [1.165, 1.54) is 0 Å². The van der Waals surface area contributed by atoms with E-state index in [9.17, 15) is 0 Å². The monoisotopic (exact) mass is 286 g/mol. The summed E-state index contributed by atoms with van der Waals surface area (Å²) in [6, 6.07) is 12.3. The SMILES string of the molecule is CSc1cccc(N2CCN(c3ccccn3)CC2)n1. The fraction of sp³-hybridized carbons (Fsp3) is 0.333. The standard InChI is InChI=1S/C15H18N4S/c1-20-15-7-4-6-14(17-15)19-11-9-18(10-12-19)13-5-2-3-8-16-13/h2-8H,9-12H2,1H3. The van der Waals surface area contributed by atoms with Crippen molar-refractivity contribution in [3.05, 3.63) is 42.6 Å². The molecule has 0 spiro atoms. The lowest BCUT2D eigenvalue weighted by atomic mass is 10.3. The quantitative estimate of drug-likeness (QED) is 0.810. The fourth-order valence-corrected chi connectivity index (χ4v) is 2.80. The molecule has 4 nitrogen and oxygen atoms in total. The molecule has 0 aromatic carbocycles. The summed E-state index contributed by atoms with van der Waals surface area (Å²) in [6.45, 7) is 3.95. The second kappa shape index (κ2) is 6.13. The molecule has 1 fully saturated rings. The molecule has 0 radical (unpaired) electrons. The number of anilines is 2. The number of thioether (sulfide) groups is 1. The summed E-state index contributed by atoms with van der Waals surface area (Å²) in [7, 11) is 0. The van der Waals surface area contributed by atoms with Crippen LogP contribution >= 0.6 is 11.8 Å². The van der Waals surface area contributed by atoms with Crippen LogP contribution in [0, 0.1) is 0 Å². The molecular formula is C15H18N4S. The molecule has 104 valence electrons. The van der Waals surface area contributed by atoms with Gasteiger partial charge in [0, 0.05) is 32.4 Å². The van der Waals surface area contributed by atoms with Gasteiger partial charge in [0.25, 0.3) is 0 Å². The van der Waals surface area contributed by atoms with Gasteiger partial charge in [0.05, 0.1) is 5.03 Å². The number of pyridine rings is 2. The van der Waals surface area contributed by atoms with Crippen molar-refractivity contribution < 1.29 is 0 Å². The Bertz CT molecular complexity index is 553. The minimum Gasteiger partial charge on any atom is -0.353 e. The largest absolute Gasteiger partial charge is 0.353 e. The molecule has 0 saturated carbocycles. The first kappa shape index (κ1) is 13.2. The Morgan fingerprint density at radius 1 is 0.900 bits per heavy atom. The molecule has 1 saturated heterocycles. The molecule has 3 heterocycles. The highest BCUT2D eigenvalue weighted by Gasteiger charge is 2.18. The summed E-state index contributed by atoms with van der Waals surface area (Å²) >= 11 is 1.69. The Kier molecular flexibility index (Phi) is 4.06. The molecule has 5 heteroatoms. The fourth-order valence-electron chi connectivity index (χ4n) is 2.40. The molecule has 0 atom stereocenters. The van der Waals surface area contributed by atoms with E-state index in [1.54, 1.807) is 11.8 Å². The number of aromatic nitrogens is 2. The molecule has 20 heavy (non-hydrogen) atoms. The molecule has 0 unspecified atom stereocenters. The maximum atomic E-state index is 4.67. The zero-order valence-corrected chi connectivity index (χ0v) is 12.4. The van der Waals surface area contributed by atoms with E-state index in [1.807, 2.05) is 18.3 Å². The minimum atomic E-state index is 0.988. The number of hydrogen-bond donors (Lipinski definition) is 0. The molecule has 0 N–H and O–H groups in total. The number of piperazine rings is 1. The van der Waals surface area contributed by atoms with Gasteiger partial charge in [0.2, 0.25) is 0 Å². The summed E-state index contributed by atoms with van der Waals surface area (Å²) in [4.78, 5) is 13.8. The average molecular weight is 286 g/mol. The van der Waals surface area contributed by atoms with Gasteiger partial charge in [0.15, 0.2) is 0 Å². The van der Waals surface area contributed by atoms with Crippen LogP contribution in [0.5, 0.6) is 0 Å². The Balaban J connectivity index is 1.66. The molecule has 0 bridgehead atoms. The molecule has 1 aliphatic heterocycles. The number of rotatable bonds is 3. The van der Waals surface area contributed by atoms with Crippen LogP contribution in [0.25, 0.3) is 0 Å². The van der Waals surface area contributed by atoms with Crippen LogP contribution in [0.1, 0.15) is 0 Å². The highest BCUT2D eigenvalue weighted by molar-refractivity contribution is 7.98. The van der Waals surface area contributed by atoms with Crippen LogP contribution in [-0.4, -0.2) is 42.4 Å². The van der Waals surface area contributed by atoms with E-state index in [0.717, 1.165) is 42.8 Å². The first-order chi connectivity index (χ1) is 9.86. The van der Waals surface area contributed by atoms with E-state index in [2.05, 4.69) is 50.3 Å². The van der Waals surface area contributed by atoms with E-state index in [0.29, 0.717) is 0 Å². The molecular weight excluding hydrogens is 268 g/mol. The third kappa shape index (κ3) is 2.88. The maximum absolute atomic E-state index is 4.67. The van der Waals surface area contributed by atoms with Crippen molar-refractivity contribution in [1.29, 1.82) is 0 Å². The molecule has 2 aromatic rings. The Hall–Kier alpha value is -1.75. The third-order valence-electron chi connectivity index (χ3n) is 3.49. The van der Waals surface area contributed by atoms with Crippen molar-refractivity contribution in [2.24, 2.45) is 0 Å². The summed E-state index contributed by atoms with van der Waals surface area (Å²) in [6.07, 6.45) is 3.91. The smallest absolute Gasteiger partial charge is 0.129 e. The van der Waals surface area contributed by atoms with Crippen LogP contribution < -0.4 is 9.80 Å². The van der Waals surface area contributed by atoms with Crippen LogP contribution in [0.4, 0.5) is 11.6 Å². The molecule has 1 aliphatic rings. The topological polar surface area (TPSA) is 32.3 Å². The lowest BCUT2D eigenvalue weighted by molar-refractivity contribution is 0.640. The summed E-state index contributed by atoms with van der Waals surface area (Å²) < 4.78 is 0. The van der Waals surface area contributed by atoms with Crippen LogP contribution in [0.2, 0.25) is 0 Å². The van der Waals surface area contributed by atoms with Gasteiger partial charge in [-0.15, -0.1) is 11.8 Å². The van der Waals surface area contributed by atoms with E-state index >= 15 is 0 Å². The van der Waals surface area contributed by atoms with Crippen molar-refractivity contribution in [2.45, 2.75) is 5.03 Å². The van der Waals surface area contributed by atoms with Crippen molar-refractivity contribution in [3.63, 3.8) is 0 Å². The Labute approximate surface area is 123 Å². The van der Waals surface area contributed by atoms with Gasteiger partial charge in [-0.2, -0.15) is 0 Å². The second-order valence-electron chi connectivity index (χ2n) is 4.70. The molecule has 3 rings (SSSR count). The molecule has 2 aromatic heterocycles. The number of nitrogens with zero attached hydrogens (tertiary/aromatic N) is 4. The predicted molar refractivity (Wildman–Crippen MR) is 84.7 cm³/mol. The Morgan fingerprint density at radius 3 is 2.25 bits per heavy atom. The van der Waals surface area contributed by atoms with Crippen LogP contribution in [0.15, 0.2) is 47.6 Å². The Morgan fingerprint density at radius 2 is 1.60 bits per heavy atom. The highest BCUT2D eigenvalue weighted by Crippen LogP contribution is 2.20. The van der Waals surface area contributed by atoms with Crippen LogP contribution in [-0.2, 0) is 0 Å². The number of hydrogen-bond acceptors (Lipinski definition) is 5. The zero-order chi connectivity index (χ0) is 13.8. The van der Waals surface area contributed by atoms with Gasteiger partial charge < -0.3 is 9.80 Å². The summed E-state index contributed by atoms with van der Waals surface area (Å²) in [5.74, 6) is 2.15. The predicted octanol–water partition coefficient (Wildman–Crippen LogP) is 2.53. The first-order valence-corrected chi connectivity index (χ1v) is 8.01. The van der Waals surface area contributed by atoms with E-state index < -0.39 is 0 Å². The maximum Gasteiger partial charge on any atom is 0.129 e. The average Bonchev–Trinajstić information content (AvgIpc) is 2.56. The van der Waals surface area contributed by atoms with Gasteiger partial charge in [0.1, 0.15) is 11.6 Å². The lowest BCUT2D eigenvalue weighted by Crippen LogP contribution is -2.47. The van der Waals surface area contributed by atoms with Crippen molar-refractivity contribution in [1.82, 2.24) is 9.97 Å². The molecule has 0 amide bonds. The summed E-state index contributed by atoms with van der Waals surface area (Å²) in [5.41, 5.74) is 0. The van der Waals surface area contributed by atoms with Crippen molar-refractivity contribution in [3.8, 4) is 0 Å². The lowest BCUT2D eigenvalue weighted by Gasteiger charge is -2.36. The van der Waals surface area contributed by atoms with E-state index in [-0.39, 0.29) is 0 Å². The zero-order valence-electron chi connectivity index (χ0n) is 11.6. The van der Waals surface area contributed by atoms with Crippen LogP contribution in [0.3, 0.4) is 0 Å². The first-order valence-electron chi connectivity index (χ1n) is 6.79. The normalized spacial score (nSPS) is 15.4. The third-order valence-corrected chi connectivity index (χ3v) is 4.14. The van der Waals surface area contributed by atoms with Gasteiger partial charge in [-0.25, -0.2) is 9.97 Å². The van der Waals surface area contributed by atoms with Gasteiger partial charge in [-0.05, 0) is 30.5 Å². The minimum absolute atomic E-state index is 0.988. The van der Waals surface area contributed by atoms with Gasteiger partial charge in [-0.3, -0.25) is 0 Å². The molecule has 0 aliphatic carbocycles. The van der Waals surface area contributed by atoms with Gasteiger partial charge in [-0.1, -0.05) is 12.1 Å². The second-order valence-corrected chi connectivity index (χ2v) is 5.53. The van der Waals surface area contributed by atoms with Crippen molar-refractivity contribution in [2.75, 3.05) is 42.2 Å².